The Morgan fingerprint density at radius 3 is 2.65 bits per heavy atom. The molecule has 2 fully saturated rings. The summed E-state index contributed by atoms with van der Waals surface area (Å²) in [6.45, 7) is 7.66. The van der Waals surface area contributed by atoms with E-state index in [0.717, 1.165) is 12.8 Å². The maximum Gasteiger partial charge on any atom is 0.234 e. The van der Waals surface area contributed by atoms with Crippen LogP contribution in [0.15, 0.2) is 53.1 Å². The van der Waals surface area contributed by atoms with E-state index in [4.69, 9.17) is 11.6 Å². The number of nitrogens with one attached hydrogen (secondary N) is 1. The van der Waals surface area contributed by atoms with Crippen LogP contribution in [0.4, 0.5) is 11.4 Å². The van der Waals surface area contributed by atoms with Crippen molar-refractivity contribution < 1.29 is 15.0 Å². The maximum absolute atomic E-state index is 12.5. The zero-order chi connectivity index (χ0) is 24.3. The molecule has 2 aliphatic carbocycles. The summed E-state index contributed by atoms with van der Waals surface area (Å²) in [7, 11) is 0. The molecule has 2 aromatic rings. The van der Waals surface area contributed by atoms with Crippen LogP contribution in [0.5, 0.6) is 5.75 Å². The molecule has 1 amide bonds. The lowest BCUT2D eigenvalue weighted by molar-refractivity contribution is -0.113. The van der Waals surface area contributed by atoms with E-state index in [-0.39, 0.29) is 29.4 Å². The molecule has 0 aliphatic heterocycles. The third-order valence-electron chi connectivity index (χ3n) is 5.90. The molecule has 8 heteroatoms. The summed E-state index contributed by atoms with van der Waals surface area (Å²) in [5.74, 6) is 6.31. The number of aromatic hydroxyl groups is 1. The van der Waals surface area contributed by atoms with Gasteiger partial charge in [0, 0.05) is 12.3 Å². The van der Waals surface area contributed by atoms with Crippen LogP contribution in [0.2, 0.25) is 5.02 Å². The molecule has 176 valence electrons. The van der Waals surface area contributed by atoms with Crippen molar-refractivity contribution in [1.82, 2.24) is 0 Å². The maximum atomic E-state index is 12.5. The SMILES string of the molecule is C=NN(C(=C)SCC(=O)Nc1ccc(C#CC2(CO)CC2)cc1O)c1ccc(C2CC2)cc1Cl. The Hall–Kier alpha value is -2.92. The van der Waals surface area contributed by atoms with Gasteiger partial charge < -0.3 is 15.5 Å². The standard InChI is InChI=1S/C26H26ClN3O3S/c1-17(30(28-2)23-8-6-20(14-21(23)27)19-4-5-19)34-15-25(33)29-22-7-3-18(13-24(22)32)9-10-26(16-31)11-12-26/h3,6-8,13-14,19,31-32H,1-2,4-5,11-12,15-16H2,(H,29,33). The van der Waals surface area contributed by atoms with E-state index in [0.29, 0.717) is 32.9 Å². The smallest absolute Gasteiger partial charge is 0.234 e. The first-order chi connectivity index (χ1) is 16.3. The Bertz CT molecular complexity index is 1200. The van der Waals surface area contributed by atoms with Crippen molar-refractivity contribution in [3.63, 3.8) is 0 Å². The lowest BCUT2D eigenvalue weighted by Gasteiger charge is -2.21. The van der Waals surface area contributed by atoms with E-state index >= 15 is 0 Å². The fraction of sp³-hybridized carbons (Fsp3) is 0.308. The number of rotatable bonds is 9. The number of hydrogen-bond acceptors (Lipinski definition) is 6. The molecule has 0 bridgehead atoms. The number of anilines is 2. The Morgan fingerprint density at radius 2 is 2.06 bits per heavy atom. The molecule has 2 aromatic carbocycles. The molecule has 4 rings (SSSR count). The molecule has 34 heavy (non-hydrogen) atoms. The Morgan fingerprint density at radius 1 is 1.29 bits per heavy atom. The van der Waals surface area contributed by atoms with E-state index in [1.807, 2.05) is 18.2 Å². The number of aliphatic hydroxyl groups is 1. The van der Waals surface area contributed by atoms with Crippen molar-refractivity contribution in [2.75, 3.05) is 22.7 Å². The van der Waals surface area contributed by atoms with E-state index in [2.05, 4.69) is 35.6 Å². The quantitative estimate of drug-likeness (QED) is 0.190. The van der Waals surface area contributed by atoms with Crippen LogP contribution in [0, 0.1) is 17.3 Å². The number of thioether (sulfide) groups is 1. The second kappa shape index (κ2) is 10.1. The highest BCUT2D eigenvalue weighted by Crippen LogP contribution is 2.44. The van der Waals surface area contributed by atoms with E-state index in [1.165, 1.54) is 41.2 Å². The van der Waals surface area contributed by atoms with E-state index < -0.39 is 0 Å². The number of aliphatic hydroxyl groups excluding tert-OH is 1. The number of carbonyl (C=O) groups is 1. The van der Waals surface area contributed by atoms with Crippen LogP contribution in [-0.4, -0.2) is 35.2 Å². The zero-order valence-corrected chi connectivity index (χ0v) is 20.3. The highest BCUT2D eigenvalue weighted by atomic mass is 35.5. The molecule has 0 unspecified atom stereocenters. The van der Waals surface area contributed by atoms with Gasteiger partial charge in [-0.05, 0) is 67.5 Å². The van der Waals surface area contributed by atoms with Gasteiger partial charge in [0.1, 0.15) is 5.75 Å². The Labute approximate surface area is 208 Å². The van der Waals surface area contributed by atoms with Gasteiger partial charge in [-0.3, -0.25) is 4.79 Å². The average molecular weight is 496 g/mol. The summed E-state index contributed by atoms with van der Waals surface area (Å²) in [5.41, 5.74) is 2.49. The predicted molar refractivity (Wildman–Crippen MR) is 139 cm³/mol. The molecule has 6 nitrogen and oxygen atoms in total. The number of benzene rings is 2. The molecular formula is C26H26ClN3O3S. The second-order valence-electron chi connectivity index (χ2n) is 8.59. The van der Waals surface area contributed by atoms with E-state index in [1.54, 1.807) is 12.1 Å². The van der Waals surface area contributed by atoms with Crippen molar-refractivity contribution in [3.05, 3.63) is 64.2 Å². The number of amides is 1. The first-order valence-electron chi connectivity index (χ1n) is 11.0. The van der Waals surface area contributed by atoms with Gasteiger partial charge in [-0.2, -0.15) is 5.10 Å². The number of nitrogens with zero attached hydrogens (tertiary/aromatic N) is 2. The van der Waals surface area contributed by atoms with Crippen molar-refractivity contribution in [2.24, 2.45) is 10.5 Å². The van der Waals surface area contributed by atoms with Gasteiger partial charge in [0.2, 0.25) is 5.91 Å². The summed E-state index contributed by atoms with van der Waals surface area (Å²) in [4.78, 5) is 12.5. The minimum Gasteiger partial charge on any atom is -0.506 e. The van der Waals surface area contributed by atoms with Crippen LogP contribution < -0.4 is 10.3 Å². The van der Waals surface area contributed by atoms with Gasteiger partial charge in [0.15, 0.2) is 0 Å². The normalized spacial score (nSPS) is 15.6. The molecule has 0 saturated heterocycles. The molecular weight excluding hydrogens is 470 g/mol. The summed E-state index contributed by atoms with van der Waals surface area (Å²) in [6.07, 6.45) is 4.15. The topological polar surface area (TPSA) is 85.2 Å². The highest BCUT2D eigenvalue weighted by Gasteiger charge is 2.40. The highest BCUT2D eigenvalue weighted by molar-refractivity contribution is 8.03. The van der Waals surface area contributed by atoms with Gasteiger partial charge in [-0.1, -0.05) is 47.8 Å². The second-order valence-corrected chi connectivity index (χ2v) is 10.0. The number of carbonyl (C=O) groups excluding carboxylic acids is 1. The van der Waals surface area contributed by atoms with Crippen molar-refractivity contribution in [3.8, 4) is 17.6 Å². The van der Waals surface area contributed by atoms with Crippen molar-refractivity contribution in [1.29, 1.82) is 0 Å². The van der Waals surface area contributed by atoms with Crippen LogP contribution in [-0.2, 0) is 4.79 Å². The van der Waals surface area contributed by atoms with Gasteiger partial charge >= 0.3 is 0 Å². The molecule has 0 atom stereocenters. The molecule has 3 N–H and O–H groups in total. The van der Waals surface area contributed by atoms with Crippen molar-refractivity contribution >= 4 is 47.4 Å². The number of hydrazone groups is 1. The van der Waals surface area contributed by atoms with Crippen molar-refractivity contribution in [2.45, 2.75) is 31.6 Å². The fourth-order valence-corrected chi connectivity index (χ4v) is 4.36. The molecule has 0 radical (unpaired) electrons. The molecule has 0 spiro atoms. The number of phenolic OH excluding ortho intramolecular Hbond substituents is 1. The largest absolute Gasteiger partial charge is 0.506 e. The first kappa shape index (κ1) is 24.2. The predicted octanol–water partition coefficient (Wildman–Crippen LogP) is 5.31. The van der Waals surface area contributed by atoms with Gasteiger partial charge in [0.05, 0.1) is 39.2 Å². The van der Waals surface area contributed by atoms with Crippen LogP contribution in [0.3, 0.4) is 0 Å². The number of halogens is 1. The number of phenols is 1. The Balaban J connectivity index is 1.33. The van der Waals surface area contributed by atoms with Gasteiger partial charge in [0.25, 0.3) is 0 Å². The summed E-state index contributed by atoms with van der Waals surface area (Å²) >= 11 is 7.66. The lowest BCUT2D eigenvalue weighted by Crippen LogP contribution is -2.18. The summed E-state index contributed by atoms with van der Waals surface area (Å²) in [6, 6.07) is 10.7. The monoisotopic (exact) mass is 495 g/mol. The molecule has 0 aromatic heterocycles. The minimum atomic E-state index is -0.309. The third kappa shape index (κ3) is 5.76. The summed E-state index contributed by atoms with van der Waals surface area (Å²) in [5, 5.41) is 28.9. The van der Waals surface area contributed by atoms with Crippen LogP contribution in [0.25, 0.3) is 0 Å². The number of hydrogen-bond donors (Lipinski definition) is 3. The summed E-state index contributed by atoms with van der Waals surface area (Å²) < 4.78 is 0. The Kier molecular flexibility index (Phi) is 7.22. The lowest BCUT2D eigenvalue weighted by atomic mass is 10.1. The molecule has 0 heterocycles. The van der Waals surface area contributed by atoms with Crippen LogP contribution >= 0.6 is 23.4 Å². The van der Waals surface area contributed by atoms with Gasteiger partial charge in [-0.25, -0.2) is 5.01 Å². The fourth-order valence-electron chi connectivity index (χ4n) is 3.44. The minimum absolute atomic E-state index is 0.0415. The van der Waals surface area contributed by atoms with E-state index in [9.17, 15) is 15.0 Å². The molecule has 2 saturated carbocycles. The molecule has 2 aliphatic rings. The zero-order valence-electron chi connectivity index (χ0n) is 18.7. The van der Waals surface area contributed by atoms with Gasteiger partial charge in [-0.15, -0.1) is 0 Å². The average Bonchev–Trinajstić information content (AvgIpc) is 3.74. The first-order valence-corrected chi connectivity index (χ1v) is 12.4. The third-order valence-corrected chi connectivity index (χ3v) is 7.11. The van der Waals surface area contributed by atoms with Crippen LogP contribution in [0.1, 0.15) is 42.7 Å².